The van der Waals surface area contributed by atoms with Gasteiger partial charge in [0.05, 0.1) is 4.90 Å². The van der Waals surface area contributed by atoms with Crippen molar-refractivity contribution < 1.29 is 8.42 Å². The van der Waals surface area contributed by atoms with Crippen molar-refractivity contribution in [2.45, 2.75) is 30.7 Å². The minimum Gasteiger partial charge on any atom is -0.317 e. The second-order valence-corrected chi connectivity index (χ2v) is 7.66. The lowest BCUT2D eigenvalue weighted by atomic mass is 10.1. The topological polar surface area (TPSA) is 49.4 Å². The quantitative estimate of drug-likeness (QED) is 0.872. The molecule has 0 bridgehead atoms. The number of halogens is 2. The Morgan fingerprint density at radius 1 is 1.30 bits per heavy atom. The van der Waals surface area contributed by atoms with E-state index in [1.165, 1.54) is 0 Å². The zero-order valence-electron chi connectivity index (χ0n) is 11.6. The van der Waals surface area contributed by atoms with Gasteiger partial charge in [0, 0.05) is 23.6 Å². The molecule has 2 rings (SSSR count). The molecule has 1 fully saturated rings. The Hall–Kier alpha value is -0.140. The normalized spacial score (nSPS) is 17.8. The maximum absolute atomic E-state index is 12.6. The van der Waals surface area contributed by atoms with Gasteiger partial charge in [-0.3, -0.25) is 0 Å². The van der Waals surface area contributed by atoms with Gasteiger partial charge in [0.15, 0.2) is 0 Å². The van der Waals surface area contributed by atoms with Gasteiger partial charge in [-0.15, -0.1) is 12.4 Å². The molecule has 1 saturated heterocycles. The molecule has 0 unspecified atom stereocenters. The van der Waals surface area contributed by atoms with Gasteiger partial charge in [0.1, 0.15) is 0 Å². The smallest absolute Gasteiger partial charge is 0.244 e. The minimum atomic E-state index is -3.38. The SMILES string of the molecule is CNC1CCN(S(=O)(=O)c2ccc(C)cc2Br)CC1.Cl. The Labute approximate surface area is 135 Å². The lowest BCUT2D eigenvalue weighted by Gasteiger charge is -2.31. The van der Waals surface area contributed by atoms with Gasteiger partial charge in [-0.1, -0.05) is 6.07 Å². The zero-order valence-corrected chi connectivity index (χ0v) is 14.8. The largest absolute Gasteiger partial charge is 0.317 e. The van der Waals surface area contributed by atoms with E-state index in [1.54, 1.807) is 10.4 Å². The summed E-state index contributed by atoms with van der Waals surface area (Å²) in [4.78, 5) is 0.362. The second-order valence-electron chi connectivity index (χ2n) is 4.90. The van der Waals surface area contributed by atoms with Crippen LogP contribution in [0.25, 0.3) is 0 Å². The van der Waals surface area contributed by atoms with Crippen LogP contribution in [0.4, 0.5) is 0 Å². The summed E-state index contributed by atoms with van der Waals surface area (Å²) in [5, 5.41) is 3.20. The number of aryl methyl sites for hydroxylation is 1. The third-order valence-corrected chi connectivity index (χ3v) is 6.44. The van der Waals surface area contributed by atoms with E-state index in [-0.39, 0.29) is 12.4 Å². The minimum absolute atomic E-state index is 0. The molecule has 114 valence electrons. The molecule has 0 atom stereocenters. The Bertz CT molecular complexity index is 557. The van der Waals surface area contributed by atoms with E-state index < -0.39 is 10.0 Å². The van der Waals surface area contributed by atoms with Crippen LogP contribution in [0, 0.1) is 6.92 Å². The number of rotatable bonds is 3. The van der Waals surface area contributed by atoms with Crippen LogP contribution in [-0.2, 0) is 10.0 Å². The van der Waals surface area contributed by atoms with Crippen molar-refractivity contribution in [3.05, 3.63) is 28.2 Å². The van der Waals surface area contributed by atoms with E-state index in [2.05, 4.69) is 21.2 Å². The predicted molar refractivity (Wildman–Crippen MR) is 87.0 cm³/mol. The number of sulfonamides is 1. The number of nitrogens with one attached hydrogen (secondary N) is 1. The fourth-order valence-electron chi connectivity index (χ4n) is 2.34. The zero-order chi connectivity index (χ0) is 14.0. The average molecular weight is 384 g/mol. The summed E-state index contributed by atoms with van der Waals surface area (Å²) in [5.41, 5.74) is 1.04. The highest BCUT2D eigenvalue weighted by atomic mass is 79.9. The van der Waals surface area contributed by atoms with Gasteiger partial charge in [-0.2, -0.15) is 4.31 Å². The van der Waals surface area contributed by atoms with Crippen molar-refractivity contribution in [2.24, 2.45) is 0 Å². The molecule has 4 nitrogen and oxygen atoms in total. The maximum Gasteiger partial charge on any atom is 0.244 e. The number of piperidine rings is 1. The monoisotopic (exact) mass is 382 g/mol. The van der Waals surface area contributed by atoms with Crippen LogP contribution >= 0.6 is 28.3 Å². The molecule has 1 N–H and O–H groups in total. The highest BCUT2D eigenvalue weighted by molar-refractivity contribution is 9.10. The van der Waals surface area contributed by atoms with Gasteiger partial charge in [-0.25, -0.2) is 8.42 Å². The van der Waals surface area contributed by atoms with E-state index in [1.807, 2.05) is 26.1 Å². The Morgan fingerprint density at radius 3 is 2.40 bits per heavy atom. The molecule has 0 aliphatic carbocycles. The number of hydrogen-bond acceptors (Lipinski definition) is 3. The van der Waals surface area contributed by atoms with Crippen LogP contribution in [0.15, 0.2) is 27.6 Å². The Balaban J connectivity index is 0.00000200. The molecule has 20 heavy (non-hydrogen) atoms. The first-order chi connectivity index (χ1) is 8.95. The lowest BCUT2D eigenvalue weighted by molar-refractivity contribution is 0.298. The summed E-state index contributed by atoms with van der Waals surface area (Å²) >= 11 is 3.36. The summed E-state index contributed by atoms with van der Waals surface area (Å²) in [6, 6.07) is 5.78. The molecule has 0 spiro atoms. The molecule has 0 radical (unpaired) electrons. The summed E-state index contributed by atoms with van der Waals surface area (Å²) in [7, 11) is -1.46. The number of hydrogen-bond donors (Lipinski definition) is 1. The van der Waals surface area contributed by atoms with Crippen molar-refractivity contribution in [1.29, 1.82) is 0 Å². The summed E-state index contributed by atoms with van der Waals surface area (Å²) in [6.45, 7) is 3.10. The van der Waals surface area contributed by atoms with Crippen LogP contribution < -0.4 is 5.32 Å². The average Bonchev–Trinajstić information content (AvgIpc) is 2.38. The summed E-state index contributed by atoms with van der Waals surface area (Å²) in [5.74, 6) is 0. The first kappa shape index (κ1) is 17.9. The highest BCUT2D eigenvalue weighted by Gasteiger charge is 2.30. The van der Waals surface area contributed by atoms with Gasteiger partial charge in [0.25, 0.3) is 0 Å². The standard InChI is InChI=1S/C13H19BrN2O2S.ClH/c1-10-3-4-13(12(14)9-10)19(17,18)16-7-5-11(15-2)6-8-16;/h3-4,9,11,15H,5-8H2,1-2H3;1H. The van der Waals surface area contributed by atoms with Gasteiger partial charge in [-0.05, 0) is 60.4 Å². The third kappa shape index (κ3) is 3.74. The maximum atomic E-state index is 12.6. The molecule has 1 heterocycles. The third-order valence-electron chi connectivity index (χ3n) is 3.57. The molecule has 1 aromatic carbocycles. The molecule has 1 aliphatic heterocycles. The van der Waals surface area contributed by atoms with Crippen molar-refractivity contribution in [3.63, 3.8) is 0 Å². The molecule has 7 heteroatoms. The summed E-state index contributed by atoms with van der Waals surface area (Å²) in [6.07, 6.45) is 1.72. The van der Waals surface area contributed by atoms with E-state index in [0.717, 1.165) is 18.4 Å². The van der Waals surface area contributed by atoms with Crippen LogP contribution in [0.3, 0.4) is 0 Å². The fraction of sp³-hybridized carbons (Fsp3) is 0.538. The molecule has 1 aromatic rings. The molecular weight excluding hydrogens is 364 g/mol. The van der Waals surface area contributed by atoms with Crippen LogP contribution in [0.5, 0.6) is 0 Å². The summed E-state index contributed by atoms with van der Waals surface area (Å²) < 4.78 is 27.4. The molecule has 0 aromatic heterocycles. The lowest BCUT2D eigenvalue weighted by Crippen LogP contribution is -2.43. The van der Waals surface area contributed by atoms with E-state index in [9.17, 15) is 8.42 Å². The van der Waals surface area contributed by atoms with E-state index in [0.29, 0.717) is 28.5 Å². The van der Waals surface area contributed by atoms with E-state index in [4.69, 9.17) is 0 Å². The van der Waals surface area contributed by atoms with E-state index >= 15 is 0 Å². The highest BCUT2D eigenvalue weighted by Crippen LogP contribution is 2.27. The first-order valence-electron chi connectivity index (χ1n) is 6.38. The van der Waals surface area contributed by atoms with Crippen molar-refractivity contribution in [1.82, 2.24) is 9.62 Å². The second kappa shape index (κ2) is 7.22. The molecular formula is C13H20BrClN2O2S. The Kier molecular flexibility index (Phi) is 6.47. The first-order valence-corrected chi connectivity index (χ1v) is 8.62. The molecule has 0 amide bonds. The van der Waals surface area contributed by atoms with Crippen LogP contribution in [0.1, 0.15) is 18.4 Å². The molecule has 0 saturated carbocycles. The Morgan fingerprint density at radius 2 is 1.90 bits per heavy atom. The van der Waals surface area contributed by atoms with Crippen molar-refractivity contribution in [2.75, 3.05) is 20.1 Å². The van der Waals surface area contributed by atoms with Crippen molar-refractivity contribution in [3.8, 4) is 0 Å². The number of nitrogens with zero attached hydrogens (tertiary/aromatic N) is 1. The van der Waals surface area contributed by atoms with Gasteiger partial charge < -0.3 is 5.32 Å². The van der Waals surface area contributed by atoms with Crippen molar-refractivity contribution >= 4 is 38.4 Å². The van der Waals surface area contributed by atoms with Crippen LogP contribution in [0.2, 0.25) is 0 Å². The fourth-order valence-corrected chi connectivity index (χ4v) is 4.96. The van der Waals surface area contributed by atoms with Gasteiger partial charge >= 0.3 is 0 Å². The molecule has 1 aliphatic rings. The van der Waals surface area contributed by atoms with Gasteiger partial charge in [0.2, 0.25) is 10.0 Å². The predicted octanol–water partition coefficient (Wildman–Crippen LogP) is 2.55. The number of benzene rings is 1. The van der Waals surface area contributed by atoms with Crippen LogP contribution in [-0.4, -0.2) is 38.9 Å².